The van der Waals surface area contributed by atoms with Crippen molar-refractivity contribution in [2.75, 3.05) is 32.8 Å². The molecule has 1 unspecified atom stereocenters. The number of hydrogen-bond acceptors (Lipinski definition) is 5. The number of likely N-dealkylation sites (tertiary alicyclic amines) is 2. The van der Waals surface area contributed by atoms with Crippen molar-refractivity contribution in [1.29, 1.82) is 0 Å². The molecule has 0 radical (unpaired) electrons. The van der Waals surface area contributed by atoms with E-state index in [0.29, 0.717) is 32.4 Å². The van der Waals surface area contributed by atoms with Crippen LogP contribution in [0.15, 0.2) is 22.8 Å². The summed E-state index contributed by atoms with van der Waals surface area (Å²) < 4.78 is 11.5. The maximum atomic E-state index is 13.3. The maximum absolute atomic E-state index is 13.3. The second kappa shape index (κ2) is 7.58. The SMILES string of the molecule is CCC(=O)N1CCC2(CC1)OCC(C(=O)N1CCCC1)N2C(=O)c1ccco1. The largest absolute Gasteiger partial charge is 0.459 e. The van der Waals surface area contributed by atoms with Gasteiger partial charge in [0.1, 0.15) is 11.8 Å². The Kier molecular flexibility index (Phi) is 5.14. The molecule has 8 heteroatoms. The van der Waals surface area contributed by atoms with Crippen LogP contribution in [0.1, 0.15) is 49.6 Å². The Bertz CT molecular complexity index is 733. The standard InChI is InChI=1S/C20H27N3O5/c1-2-17(24)21-11-7-20(8-12-21)23(19(26)16-6-5-13-27-16)15(14-28-20)18(25)22-9-3-4-10-22/h5-6,13,15H,2-4,7-12,14H2,1H3. The highest BCUT2D eigenvalue weighted by Gasteiger charge is 2.55. The van der Waals surface area contributed by atoms with Gasteiger partial charge in [0.25, 0.3) is 5.91 Å². The van der Waals surface area contributed by atoms with Crippen LogP contribution >= 0.6 is 0 Å². The van der Waals surface area contributed by atoms with Crippen LogP contribution in [0.3, 0.4) is 0 Å². The number of rotatable bonds is 3. The van der Waals surface area contributed by atoms with Crippen LogP contribution in [0.5, 0.6) is 0 Å². The maximum Gasteiger partial charge on any atom is 0.292 e. The van der Waals surface area contributed by atoms with E-state index in [4.69, 9.17) is 9.15 Å². The molecule has 3 saturated heterocycles. The van der Waals surface area contributed by atoms with E-state index >= 15 is 0 Å². The highest BCUT2D eigenvalue weighted by atomic mass is 16.5. The van der Waals surface area contributed by atoms with Crippen LogP contribution in [0.25, 0.3) is 0 Å². The zero-order valence-corrected chi connectivity index (χ0v) is 16.3. The molecule has 1 aromatic rings. The van der Waals surface area contributed by atoms with Gasteiger partial charge in [-0.25, -0.2) is 0 Å². The third-order valence-electron chi connectivity index (χ3n) is 6.11. The van der Waals surface area contributed by atoms with E-state index in [1.165, 1.54) is 6.26 Å². The van der Waals surface area contributed by atoms with E-state index in [0.717, 1.165) is 25.9 Å². The summed E-state index contributed by atoms with van der Waals surface area (Å²) in [6.07, 6.45) is 4.88. The molecule has 4 heterocycles. The van der Waals surface area contributed by atoms with Crippen molar-refractivity contribution in [1.82, 2.24) is 14.7 Å². The Morgan fingerprint density at radius 1 is 1.11 bits per heavy atom. The Hall–Kier alpha value is -2.35. The molecule has 3 fully saturated rings. The van der Waals surface area contributed by atoms with Crippen molar-refractivity contribution >= 4 is 17.7 Å². The molecule has 1 atom stereocenters. The second-order valence-corrected chi connectivity index (χ2v) is 7.69. The molecule has 3 aliphatic rings. The fraction of sp³-hybridized carbons (Fsp3) is 0.650. The van der Waals surface area contributed by atoms with Gasteiger partial charge in [0.2, 0.25) is 11.8 Å². The fourth-order valence-corrected chi connectivity index (χ4v) is 4.55. The summed E-state index contributed by atoms with van der Waals surface area (Å²) in [5, 5.41) is 0. The van der Waals surface area contributed by atoms with Gasteiger partial charge < -0.3 is 19.0 Å². The molecule has 0 aromatic carbocycles. The molecule has 28 heavy (non-hydrogen) atoms. The number of piperidine rings is 1. The number of carbonyl (C=O) groups excluding carboxylic acids is 3. The number of carbonyl (C=O) groups is 3. The minimum absolute atomic E-state index is 0.0543. The van der Waals surface area contributed by atoms with Crippen LogP contribution in [0, 0.1) is 0 Å². The van der Waals surface area contributed by atoms with Crippen molar-refractivity contribution in [2.24, 2.45) is 0 Å². The molecule has 4 rings (SSSR count). The highest BCUT2D eigenvalue weighted by molar-refractivity contribution is 5.96. The smallest absolute Gasteiger partial charge is 0.292 e. The number of ether oxygens (including phenoxy) is 1. The predicted molar refractivity (Wildman–Crippen MR) is 99.3 cm³/mol. The Morgan fingerprint density at radius 3 is 2.43 bits per heavy atom. The van der Waals surface area contributed by atoms with Crippen LogP contribution < -0.4 is 0 Å². The lowest BCUT2D eigenvalue weighted by atomic mass is 9.97. The van der Waals surface area contributed by atoms with E-state index in [1.54, 1.807) is 21.9 Å². The molecule has 0 bridgehead atoms. The van der Waals surface area contributed by atoms with Gasteiger partial charge in [0, 0.05) is 45.4 Å². The summed E-state index contributed by atoms with van der Waals surface area (Å²) in [4.78, 5) is 43.7. The molecule has 1 spiro atoms. The fourth-order valence-electron chi connectivity index (χ4n) is 4.55. The van der Waals surface area contributed by atoms with Crippen LogP contribution in [0.4, 0.5) is 0 Å². The number of nitrogens with zero attached hydrogens (tertiary/aromatic N) is 3. The minimum Gasteiger partial charge on any atom is -0.459 e. The molecule has 0 aliphatic carbocycles. The molecule has 3 amide bonds. The molecule has 0 saturated carbocycles. The molecular formula is C20H27N3O5. The van der Waals surface area contributed by atoms with Crippen molar-refractivity contribution < 1.29 is 23.5 Å². The first-order valence-corrected chi connectivity index (χ1v) is 10.1. The van der Waals surface area contributed by atoms with E-state index in [1.807, 2.05) is 11.8 Å². The van der Waals surface area contributed by atoms with Crippen LogP contribution in [-0.2, 0) is 14.3 Å². The van der Waals surface area contributed by atoms with E-state index in [-0.39, 0.29) is 30.1 Å². The van der Waals surface area contributed by atoms with Crippen molar-refractivity contribution in [3.05, 3.63) is 24.2 Å². The second-order valence-electron chi connectivity index (χ2n) is 7.69. The van der Waals surface area contributed by atoms with Crippen molar-refractivity contribution in [3.8, 4) is 0 Å². The zero-order valence-electron chi connectivity index (χ0n) is 16.3. The summed E-state index contributed by atoms with van der Waals surface area (Å²) >= 11 is 0. The van der Waals surface area contributed by atoms with Gasteiger partial charge in [-0.1, -0.05) is 6.92 Å². The molecule has 152 valence electrons. The molecule has 8 nitrogen and oxygen atoms in total. The summed E-state index contributed by atoms with van der Waals surface area (Å²) in [7, 11) is 0. The van der Waals surface area contributed by atoms with Gasteiger partial charge in [-0.2, -0.15) is 0 Å². The third kappa shape index (κ3) is 3.19. The van der Waals surface area contributed by atoms with Crippen molar-refractivity contribution in [2.45, 2.75) is 50.8 Å². The lowest BCUT2D eigenvalue weighted by molar-refractivity contribution is -0.145. The summed E-state index contributed by atoms with van der Waals surface area (Å²) in [5.41, 5.74) is -0.867. The first-order chi connectivity index (χ1) is 13.6. The normalized spacial score (nSPS) is 24.2. The third-order valence-corrected chi connectivity index (χ3v) is 6.11. The quantitative estimate of drug-likeness (QED) is 0.782. The first kappa shape index (κ1) is 19.0. The average Bonchev–Trinajstić information content (AvgIpc) is 3.48. The predicted octanol–water partition coefficient (Wildman–Crippen LogP) is 1.47. The van der Waals surface area contributed by atoms with E-state index in [2.05, 4.69) is 0 Å². The molecular weight excluding hydrogens is 362 g/mol. The summed E-state index contributed by atoms with van der Waals surface area (Å²) in [6, 6.07) is 2.63. The number of amides is 3. The zero-order chi connectivity index (χ0) is 19.7. The number of hydrogen-bond donors (Lipinski definition) is 0. The van der Waals surface area contributed by atoms with Gasteiger partial charge >= 0.3 is 0 Å². The molecule has 0 N–H and O–H groups in total. The monoisotopic (exact) mass is 389 g/mol. The van der Waals surface area contributed by atoms with E-state index in [9.17, 15) is 14.4 Å². The Balaban J connectivity index is 1.60. The summed E-state index contributed by atoms with van der Waals surface area (Å²) in [6.45, 7) is 4.51. The Labute approximate surface area is 164 Å². The summed E-state index contributed by atoms with van der Waals surface area (Å²) in [5.74, 6) is -0.0747. The van der Waals surface area contributed by atoms with Crippen LogP contribution in [-0.4, -0.2) is 77.0 Å². The number of furan rings is 1. The average molecular weight is 389 g/mol. The van der Waals surface area contributed by atoms with Gasteiger partial charge in [0.15, 0.2) is 5.76 Å². The highest BCUT2D eigenvalue weighted by Crippen LogP contribution is 2.39. The van der Waals surface area contributed by atoms with Gasteiger partial charge in [-0.15, -0.1) is 0 Å². The van der Waals surface area contributed by atoms with Gasteiger partial charge in [0.05, 0.1) is 12.9 Å². The lowest BCUT2D eigenvalue weighted by Gasteiger charge is -2.44. The van der Waals surface area contributed by atoms with Gasteiger partial charge in [-0.05, 0) is 25.0 Å². The van der Waals surface area contributed by atoms with Gasteiger partial charge in [-0.3, -0.25) is 19.3 Å². The lowest BCUT2D eigenvalue weighted by Crippen LogP contribution is -2.60. The minimum atomic E-state index is -0.867. The van der Waals surface area contributed by atoms with Crippen molar-refractivity contribution in [3.63, 3.8) is 0 Å². The Morgan fingerprint density at radius 2 is 1.82 bits per heavy atom. The molecule has 3 aliphatic heterocycles. The topological polar surface area (TPSA) is 83.3 Å². The molecule has 1 aromatic heterocycles. The van der Waals surface area contributed by atoms with E-state index < -0.39 is 11.8 Å². The van der Waals surface area contributed by atoms with Crippen LogP contribution in [0.2, 0.25) is 0 Å². The first-order valence-electron chi connectivity index (χ1n) is 10.1.